The van der Waals surface area contributed by atoms with E-state index in [2.05, 4.69) is 15.0 Å². The number of anilines is 1. The number of aromatic nitrogens is 4. The van der Waals surface area contributed by atoms with Crippen molar-refractivity contribution in [3.8, 4) is 5.88 Å². The lowest BCUT2D eigenvalue weighted by atomic mass is 9.99. The molecule has 3 heterocycles. The summed E-state index contributed by atoms with van der Waals surface area (Å²) in [5.41, 5.74) is 6.12. The third-order valence-electron chi connectivity index (χ3n) is 5.17. The maximum absolute atomic E-state index is 13.3. The molecular formula is C23H36N5O9P. The van der Waals surface area contributed by atoms with Crippen LogP contribution in [0.15, 0.2) is 6.33 Å². The van der Waals surface area contributed by atoms with Gasteiger partial charge in [-0.15, -0.1) is 0 Å². The zero-order valence-electron chi connectivity index (χ0n) is 22.4. The first-order chi connectivity index (χ1) is 17.9. The van der Waals surface area contributed by atoms with Crippen LogP contribution in [-0.2, 0) is 37.2 Å². The Morgan fingerprint density at radius 2 is 1.95 bits per heavy atom. The van der Waals surface area contributed by atoms with Gasteiger partial charge in [0.2, 0.25) is 5.95 Å². The first kappa shape index (κ1) is 29.9. The van der Waals surface area contributed by atoms with E-state index in [0.717, 1.165) is 0 Å². The highest BCUT2D eigenvalue weighted by molar-refractivity contribution is 7.48. The summed E-state index contributed by atoms with van der Waals surface area (Å²) in [5, 5.41) is 0. The van der Waals surface area contributed by atoms with Gasteiger partial charge in [0.1, 0.15) is 12.8 Å². The highest BCUT2D eigenvalue weighted by Gasteiger charge is 2.34. The maximum atomic E-state index is 13.3. The van der Waals surface area contributed by atoms with Gasteiger partial charge in [-0.2, -0.15) is 9.97 Å². The average molecular weight is 558 g/mol. The molecule has 2 aromatic heterocycles. The van der Waals surface area contributed by atoms with Crippen LogP contribution in [0.25, 0.3) is 11.2 Å². The summed E-state index contributed by atoms with van der Waals surface area (Å²) >= 11 is 0. The fourth-order valence-electron chi connectivity index (χ4n) is 3.48. The molecule has 0 aliphatic carbocycles. The highest BCUT2D eigenvalue weighted by Crippen LogP contribution is 2.51. The van der Waals surface area contributed by atoms with E-state index in [1.54, 1.807) is 4.57 Å². The normalized spacial score (nSPS) is 19.4. The number of hydrogen-bond acceptors (Lipinski definition) is 13. The number of fused-ring (bicyclic) bond motifs is 1. The van der Waals surface area contributed by atoms with Crippen molar-refractivity contribution >= 4 is 36.9 Å². The third kappa shape index (κ3) is 8.70. The number of nitrogens with two attached hydrogens (primary N) is 1. The second-order valence-electron chi connectivity index (χ2n) is 9.98. The SMILES string of the molecule is CCCC(=O)OCCOP(=O)(OC[C@@H]1CC[C@H](n2cnc3c(OC(C)=O)nc(N)nc32)O1)OCC(C)(C)C. The number of phosphoric acid groups is 1. The van der Waals surface area contributed by atoms with Crippen LogP contribution in [0.5, 0.6) is 5.88 Å². The molecule has 1 aliphatic heterocycles. The number of esters is 2. The van der Waals surface area contributed by atoms with Crippen molar-refractivity contribution in [2.45, 2.75) is 72.6 Å². The Morgan fingerprint density at radius 1 is 1.18 bits per heavy atom. The van der Waals surface area contributed by atoms with Crippen molar-refractivity contribution in [2.24, 2.45) is 5.41 Å². The van der Waals surface area contributed by atoms with Gasteiger partial charge in [-0.3, -0.25) is 27.7 Å². The topological polar surface area (TPSA) is 176 Å². The molecular weight excluding hydrogens is 521 g/mol. The second-order valence-corrected chi connectivity index (χ2v) is 11.6. The van der Waals surface area contributed by atoms with Gasteiger partial charge in [-0.05, 0) is 24.7 Å². The lowest BCUT2D eigenvalue weighted by Crippen LogP contribution is -2.20. The molecule has 2 N–H and O–H groups in total. The smallest absolute Gasteiger partial charge is 0.463 e. The monoisotopic (exact) mass is 557 g/mol. The summed E-state index contributed by atoms with van der Waals surface area (Å²) in [6, 6.07) is 0. The fraction of sp³-hybridized carbons (Fsp3) is 0.696. The van der Waals surface area contributed by atoms with Gasteiger partial charge in [0.05, 0.1) is 32.3 Å². The van der Waals surface area contributed by atoms with Crippen molar-refractivity contribution < 1.29 is 41.9 Å². The fourth-order valence-corrected chi connectivity index (χ4v) is 4.89. The quantitative estimate of drug-likeness (QED) is 0.215. The van der Waals surface area contributed by atoms with E-state index < -0.39 is 26.1 Å². The lowest BCUT2D eigenvalue weighted by molar-refractivity contribution is -0.144. The third-order valence-corrected chi connectivity index (χ3v) is 6.58. The number of phosphoric ester groups is 1. The summed E-state index contributed by atoms with van der Waals surface area (Å²) in [4.78, 5) is 35.4. The van der Waals surface area contributed by atoms with E-state index in [4.69, 9.17) is 33.5 Å². The van der Waals surface area contributed by atoms with Gasteiger partial charge in [0.25, 0.3) is 5.88 Å². The zero-order valence-corrected chi connectivity index (χ0v) is 23.3. The van der Waals surface area contributed by atoms with Gasteiger partial charge in [-0.25, -0.2) is 9.55 Å². The Hall–Kier alpha value is -2.64. The number of imidazole rings is 1. The molecule has 0 saturated carbocycles. The van der Waals surface area contributed by atoms with Crippen molar-refractivity contribution in [1.82, 2.24) is 19.5 Å². The number of hydrogen-bond donors (Lipinski definition) is 1. The number of carbonyl (C=O) groups is 2. The van der Waals surface area contributed by atoms with Crippen molar-refractivity contribution in [3.05, 3.63) is 6.33 Å². The average Bonchev–Trinajstić information content (AvgIpc) is 3.46. The molecule has 0 aromatic carbocycles. The standard InChI is InChI=1S/C23H36N5O9P/c1-6-7-18(30)32-10-11-33-38(31,35-13-23(3,4)5)34-12-16-8-9-17(37-16)28-14-25-19-20(28)26-22(24)27-21(19)36-15(2)29/h14,16-17H,6-13H2,1-5H3,(H2,24,26,27)/t16-,17+,38?/m0/s1. The molecule has 1 saturated heterocycles. The van der Waals surface area contributed by atoms with Gasteiger partial charge in [0, 0.05) is 13.3 Å². The lowest BCUT2D eigenvalue weighted by Gasteiger charge is -2.24. The molecule has 1 aliphatic rings. The number of rotatable bonds is 13. The summed E-state index contributed by atoms with van der Waals surface area (Å²) in [7, 11) is -3.97. The van der Waals surface area contributed by atoms with Crippen LogP contribution >= 0.6 is 7.82 Å². The second kappa shape index (κ2) is 12.9. The molecule has 0 radical (unpaired) electrons. The number of nitrogens with zero attached hydrogens (tertiary/aromatic N) is 4. The van der Waals surface area contributed by atoms with E-state index in [1.807, 2.05) is 27.7 Å². The minimum Gasteiger partial charge on any atom is -0.463 e. The van der Waals surface area contributed by atoms with E-state index in [1.165, 1.54) is 13.3 Å². The van der Waals surface area contributed by atoms with E-state index in [-0.39, 0.29) is 55.2 Å². The Bertz CT molecular complexity index is 1170. The summed E-state index contributed by atoms with van der Waals surface area (Å²) in [5.74, 6) is -1.03. The van der Waals surface area contributed by atoms with Crippen LogP contribution in [0.4, 0.5) is 5.95 Å². The Kier molecular flexibility index (Phi) is 10.2. The zero-order chi connectivity index (χ0) is 27.9. The van der Waals surface area contributed by atoms with Gasteiger partial charge >= 0.3 is 19.8 Å². The van der Waals surface area contributed by atoms with Crippen molar-refractivity contribution in [3.63, 3.8) is 0 Å². The van der Waals surface area contributed by atoms with Crippen molar-refractivity contribution in [1.29, 1.82) is 0 Å². The number of carbonyl (C=O) groups excluding carboxylic acids is 2. The van der Waals surface area contributed by atoms with Crippen LogP contribution in [0.3, 0.4) is 0 Å². The predicted molar refractivity (Wildman–Crippen MR) is 135 cm³/mol. The molecule has 212 valence electrons. The first-order valence-electron chi connectivity index (χ1n) is 12.4. The Balaban J connectivity index is 1.62. The molecule has 2 aromatic rings. The Labute approximate surface area is 221 Å². The number of nitrogen functional groups attached to an aromatic ring is 1. The molecule has 3 rings (SSSR count). The number of ether oxygens (including phenoxy) is 3. The summed E-state index contributed by atoms with van der Waals surface area (Å²) < 4.78 is 47.8. The van der Waals surface area contributed by atoms with Gasteiger partial charge < -0.3 is 19.9 Å². The minimum absolute atomic E-state index is 0.0360. The maximum Gasteiger partial charge on any atom is 0.475 e. The van der Waals surface area contributed by atoms with Gasteiger partial charge in [-0.1, -0.05) is 27.7 Å². The Morgan fingerprint density at radius 3 is 2.63 bits per heavy atom. The molecule has 38 heavy (non-hydrogen) atoms. The molecule has 1 fully saturated rings. The first-order valence-corrected chi connectivity index (χ1v) is 13.9. The van der Waals surface area contributed by atoms with E-state index in [9.17, 15) is 14.2 Å². The van der Waals surface area contributed by atoms with Crippen LogP contribution in [0.2, 0.25) is 0 Å². The van der Waals surface area contributed by atoms with E-state index in [0.29, 0.717) is 31.3 Å². The van der Waals surface area contributed by atoms with Crippen LogP contribution in [0, 0.1) is 5.41 Å². The molecule has 0 bridgehead atoms. The van der Waals surface area contributed by atoms with Crippen LogP contribution in [-0.4, -0.2) is 64.0 Å². The molecule has 3 atom stereocenters. The predicted octanol–water partition coefficient (Wildman–Crippen LogP) is 3.56. The van der Waals surface area contributed by atoms with Crippen LogP contribution in [0.1, 0.15) is 66.5 Å². The van der Waals surface area contributed by atoms with E-state index >= 15 is 0 Å². The molecule has 0 spiro atoms. The largest absolute Gasteiger partial charge is 0.475 e. The summed E-state index contributed by atoms with van der Waals surface area (Å²) in [6.07, 6.45) is 2.72. The van der Waals surface area contributed by atoms with Crippen LogP contribution < -0.4 is 10.5 Å². The molecule has 15 heteroatoms. The molecule has 0 amide bonds. The summed E-state index contributed by atoms with van der Waals surface area (Å²) in [6.45, 7) is 8.75. The highest BCUT2D eigenvalue weighted by atomic mass is 31.2. The molecule has 14 nitrogen and oxygen atoms in total. The molecule has 1 unspecified atom stereocenters. The minimum atomic E-state index is -3.97. The van der Waals surface area contributed by atoms with Gasteiger partial charge in [0.15, 0.2) is 11.2 Å². The van der Waals surface area contributed by atoms with Crippen molar-refractivity contribution in [2.75, 3.05) is 32.2 Å².